The van der Waals surface area contributed by atoms with Crippen molar-refractivity contribution in [3.05, 3.63) is 77.2 Å². The topological polar surface area (TPSA) is 46.9 Å². The van der Waals surface area contributed by atoms with Gasteiger partial charge in [0.25, 0.3) is 5.91 Å². The van der Waals surface area contributed by atoms with Crippen LogP contribution < -0.4 is 5.32 Å². The maximum Gasteiger partial charge on any atom is 0.416 e. The minimum atomic E-state index is -5.02. The first-order valence-electron chi connectivity index (χ1n) is 8.74. The van der Waals surface area contributed by atoms with Gasteiger partial charge in [-0.15, -0.1) is 0 Å². The fourth-order valence-electron chi connectivity index (χ4n) is 3.52. The second-order valence-corrected chi connectivity index (χ2v) is 6.79. The highest BCUT2D eigenvalue weighted by Gasteiger charge is 2.37. The molecule has 0 fully saturated rings. The van der Waals surface area contributed by atoms with Crippen molar-refractivity contribution in [2.75, 3.05) is 6.54 Å². The summed E-state index contributed by atoms with van der Waals surface area (Å²) in [4.78, 5) is 16.5. The average Bonchev–Trinajstić information content (AvgIpc) is 3.26. The number of alkyl halides is 6. The Morgan fingerprint density at radius 3 is 2.27 bits per heavy atom. The van der Waals surface area contributed by atoms with Crippen LogP contribution in [-0.4, -0.2) is 22.0 Å². The summed E-state index contributed by atoms with van der Waals surface area (Å²) in [7, 11) is 0. The maximum absolute atomic E-state index is 13.0. The highest BCUT2D eigenvalue weighted by atomic mass is 19.4. The van der Waals surface area contributed by atoms with Crippen LogP contribution in [0, 0.1) is 0 Å². The lowest BCUT2D eigenvalue weighted by Crippen LogP contribution is -2.30. The molecule has 0 aliphatic carbocycles. The molecule has 1 atom stereocenters. The first kappa shape index (κ1) is 20.0. The number of amides is 1. The zero-order valence-corrected chi connectivity index (χ0v) is 15.1. The number of carbonyl (C=O) groups is 1. The number of carbonyl (C=O) groups excluding carboxylic acids is 1. The highest BCUT2D eigenvalue weighted by Crippen LogP contribution is 2.39. The van der Waals surface area contributed by atoms with Crippen molar-refractivity contribution >= 4 is 5.91 Å². The Hall–Kier alpha value is -3.30. The number of hydrogen-bond acceptors (Lipinski definition) is 2. The summed E-state index contributed by atoms with van der Waals surface area (Å²) in [6.45, 7) is -0.0309. The van der Waals surface area contributed by atoms with E-state index in [1.165, 1.54) is 0 Å². The van der Waals surface area contributed by atoms with Crippen LogP contribution in [0.5, 0.6) is 0 Å². The Bertz CT molecular complexity index is 1080. The van der Waals surface area contributed by atoms with Crippen LogP contribution in [0.4, 0.5) is 26.3 Å². The summed E-state index contributed by atoms with van der Waals surface area (Å²) in [5, 5.41) is 2.45. The third kappa shape index (κ3) is 3.53. The molecule has 156 valence electrons. The lowest BCUT2D eigenvalue weighted by atomic mass is 10.0. The lowest BCUT2D eigenvalue weighted by molar-refractivity contribution is -0.143. The van der Waals surface area contributed by atoms with E-state index in [9.17, 15) is 31.1 Å². The largest absolute Gasteiger partial charge is 0.416 e. The fourth-order valence-corrected chi connectivity index (χ4v) is 3.52. The van der Waals surface area contributed by atoms with Crippen LogP contribution in [0.15, 0.2) is 55.0 Å². The van der Waals surface area contributed by atoms with Gasteiger partial charge in [0.2, 0.25) is 0 Å². The molecule has 0 unspecified atom stereocenters. The highest BCUT2D eigenvalue weighted by molar-refractivity contribution is 5.94. The first-order chi connectivity index (χ1) is 14.1. The second kappa shape index (κ2) is 6.89. The third-order valence-electron chi connectivity index (χ3n) is 4.90. The molecule has 4 rings (SSSR count). The van der Waals surface area contributed by atoms with Crippen molar-refractivity contribution < 1.29 is 31.1 Å². The number of imidazole rings is 1. The van der Waals surface area contributed by atoms with E-state index in [0.29, 0.717) is 12.1 Å². The molecule has 0 saturated heterocycles. The van der Waals surface area contributed by atoms with E-state index in [1.807, 2.05) is 18.2 Å². The predicted molar refractivity (Wildman–Crippen MR) is 94.6 cm³/mol. The van der Waals surface area contributed by atoms with Crippen LogP contribution in [0.2, 0.25) is 0 Å². The molecule has 2 aromatic carbocycles. The van der Waals surface area contributed by atoms with Crippen LogP contribution in [0.25, 0.3) is 11.3 Å². The van der Waals surface area contributed by atoms with Gasteiger partial charge in [0.05, 0.1) is 35.4 Å². The van der Waals surface area contributed by atoms with Crippen LogP contribution in [0.1, 0.15) is 33.1 Å². The standard InChI is InChI=1S/C20H13F6N3O/c21-19(22,23)12-5-11(6-13(7-12)20(24,25)26)18(30)28-9-17-15-4-2-1-3-14(15)16-8-27-10-29(16)17/h1-8,10,17H,9H2,(H,28,30)/t17-/m0/s1. The molecule has 0 radical (unpaired) electrons. The predicted octanol–water partition coefficient (Wildman–Crippen LogP) is 4.92. The van der Waals surface area contributed by atoms with Crippen LogP contribution in [0.3, 0.4) is 0 Å². The van der Waals surface area contributed by atoms with E-state index in [2.05, 4.69) is 10.3 Å². The Morgan fingerprint density at radius 2 is 1.63 bits per heavy atom. The van der Waals surface area contributed by atoms with Gasteiger partial charge >= 0.3 is 12.4 Å². The van der Waals surface area contributed by atoms with Gasteiger partial charge in [-0.3, -0.25) is 4.79 Å². The Kier molecular flexibility index (Phi) is 4.59. The number of benzene rings is 2. The van der Waals surface area contributed by atoms with Gasteiger partial charge in [-0.1, -0.05) is 24.3 Å². The first-order valence-corrected chi connectivity index (χ1v) is 8.74. The monoisotopic (exact) mass is 425 g/mol. The molecular formula is C20H13F6N3O. The molecule has 2 heterocycles. The molecule has 0 spiro atoms. The molecule has 3 aromatic rings. The fraction of sp³-hybridized carbons (Fsp3) is 0.200. The Balaban J connectivity index is 1.61. The van der Waals surface area contributed by atoms with E-state index in [-0.39, 0.29) is 18.7 Å². The number of hydrogen-bond donors (Lipinski definition) is 1. The Labute approximate surface area is 166 Å². The van der Waals surface area contributed by atoms with Gasteiger partial charge < -0.3 is 9.88 Å². The molecule has 1 N–H and O–H groups in total. The minimum Gasteiger partial charge on any atom is -0.350 e. The second-order valence-electron chi connectivity index (χ2n) is 6.79. The zero-order valence-electron chi connectivity index (χ0n) is 15.1. The molecule has 1 amide bonds. The van der Waals surface area contributed by atoms with E-state index in [0.717, 1.165) is 16.8 Å². The van der Waals surface area contributed by atoms with Crippen molar-refractivity contribution in [3.8, 4) is 11.3 Å². The number of aromatic nitrogens is 2. The lowest BCUT2D eigenvalue weighted by Gasteiger charge is -2.17. The van der Waals surface area contributed by atoms with Gasteiger partial charge in [-0.05, 0) is 23.8 Å². The van der Waals surface area contributed by atoms with Crippen molar-refractivity contribution in [1.29, 1.82) is 0 Å². The summed E-state index contributed by atoms with van der Waals surface area (Å²) >= 11 is 0. The maximum atomic E-state index is 13.0. The van der Waals surface area contributed by atoms with E-state index < -0.39 is 35.0 Å². The van der Waals surface area contributed by atoms with Gasteiger partial charge in [0.15, 0.2) is 0 Å². The number of halogens is 6. The third-order valence-corrected chi connectivity index (χ3v) is 4.90. The van der Waals surface area contributed by atoms with Crippen LogP contribution >= 0.6 is 0 Å². The molecule has 10 heteroatoms. The van der Waals surface area contributed by atoms with E-state index in [1.54, 1.807) is 23.2 Å². The molecule has 4 nitrogen and oxygen atoms in total. The van der Waals surface area contributed by atoms with E-state index in [4.69, 9.17) is 0 Å². The SMILES string of the molecule is O=C(NC[C@H]1c2ccccc2-c2cncn21)c1cc(C(F)(F)F)cc(C(F)(F)F)c1. The number of fused-ring (bicyclic) bond motifs is 3. The van der Waals surface area contributed by atoms with Gasteiger partial charge in [-0.25, -0.2) is 4.98 Å². The molecule has 1 aromatic heterocycles. The summed E-state index contributed by atoms with van der Waals surface area (Å²) in [5.74, 6) is -1.03. The number of nitrogens with one attached hydrogen (secondary N) is 1. The smallest absolute Gasteiger partial charge is 0.350 e. The van der Waals surface area contributed by atoms with Gasteiger partial charge in [-0.2, -0.15) is 26.3 Å². The Morgan fingerprint density at radius 1 is 1.00 bits per heavy atom. The summed E-state index contributed by atoms with van der Waals surface area (Å²) < 4.78 is 79.9. The van der Waals surface area contributed by atoms with Gasteiger partial charge in [0.1, 0.15) is 0 Å². The quantitative estimate of drug-likeness (QED) is 0.606. The number of rotatable bonds is 3. The normalized spacial score (nSPS) is 15.6. The van der Waals surface area contributed by atoms with Crippen molar-refractivity contribution in [3.63, 3.8) is 0 Å². The summed E-state index contributed by atoms with van der Waals surface area (Å²) in [6, 6.07) is 7.77. The summed E-state index contributed by atoms with van der Waals surface area (Å²) in [5.41, 5.74) is -1.21. The number of nitrogens with zero attached hydrogens (tertiary/aromatic N) is 2. The van der Waals surface area contributed by atoms with E-state index >= 15 is 0 Å². The average molecular weight is 425 g/mol. The molecular weight excluding hydrogens is 412 g/mol. The van der Waals surface area contributed by atoms with Crippen molar-refractivity contribution in [1.82, 2.24) is 14.9 Å². The summed E-state index contributed by atoms with van der Waals surface area (Å²) in [6.07, 6.45) is -6.85. The molecule has 0 saturated carbocycles. The molecule has 30 heavy (non-hydrogen) atoms. The molecule has 1 aliphatic heterocycles. The molecule has 1 aliphatic rings. The van der Waals surface area contributed by atoms with Crippen molar-refractivity contribution in [2.24, 2.45) is 0 Å². The molecule has 0 bridgehead atoms. The van der Waals surface area contributed by atoms with Crippen molar-refractivity contribution in [2.45, 2.75) is 18.4 Å². The zero-order chi connectivity index (χ0) is 21.7. The van der Waals surface area contributed by atoms with Gasteiger partial charge in [0, 0.05) is 17.7 Å². The van der Waals surface area contributed by atoms with Crippen LogP contribution in [-0.2, 0) is 12.4 Å². The minimum absolute atomic E-state index is 0.0121.